The van der Waals surface area contributed by atoms with E-state index in [-0.39, 0.29) is 5.75 Å². The Labute approximate surface area is 181 Å². The lowest BCUT2D eigenvalue weighted by molar-refractivity contribution is 0.0981. The number of benzene rings is 2. The molecule has 3 aromatic rings. The number of aromatic nitrogens is 1. The molecule has 30 heavy (non-hydrogen) atoms. The van der Waals surface area contributed by atoms with E-state index in [1.807, 2.05) is 30.3 Å². The van der Waals surface area contributed by atoms with Gasteiger partial charge in [-0.2, -0.15) is 11.8 Å². The highest BCUT2D eigenvalue weighted by molar-refractivity contribution is 7.97. The van der Waals surface area contributed by atoms with Crippen LogP contribution in [0.15, 0.2) is 53.3 Å². The number of unbranched alkanes of at least 4 members (excludes halogenated alkanes) is 3. The summed E-state index contributed by atoms with van der Waals surface area (Å²) in [7, 11) is -3.59. The summed E-state index contributed by atoms with van der Waals surface area (Å²) in [4.78, 5) is 16.4. The third-order valence-corrected chi connectivity index (χ3v) is 7.06. The molecule has 0 saturated carbocycles. The monoisotopic (exact) mass is 446 g/mol. The second-order valence-corrected chi connectivity index (χ2v) is 9.98. The van der Waals surface area contributed by atoms with Crippen LogP contribution in [0.2, 0.25) is 0 Å². The fourth-order valence-electron chi connectivity index (χ4n) is 3.00. The van der Waals surface area contributed by atoms with E-state index in [0.29, 0.717) is 12.0 Å². The highest BCUT2D eigenvalue weighted by Crippen LogP contribution is 2.21. The molecular formula is C22H26N2O4S2. The lowest BCUT2D eigenvalue weighted by atomic mass is 10.1. The van der Waals surface area contributed by atoms with Gasteiger partial charge in [0.1, 0.15) is 5.52 Å². The number of hydrogen-bond acceptors (Lipinski definition) is 6. The predicted octanol–water partition coefficient (Wildman–Crippen LogP) is 4.90. The first-order valence-corrected chi connectivity index (χ1v) is 12.8. The standard InChI is InChI=1S/C22H26N2O4S2/c1-2-3-4-5-12-30(26,27)24-22(25)19-9-6-17(7-10-19)14-29-15-18-8-11-21-20(13-18)23-16-28-21/h6-11,13,16H,2-5,12,14-15H2,1H3,(H,24,25). The van der Waals surface area contributed by atoms with Gasteiger partial charge in [0, 0.05) is 17.1 Å². The van der Waals surface area contributed by atoms with Crippen molar-refractivity contribution in [2.45, 2.75) is 44.1 Å². The SMILES string of the molecule is CCCCCCS(=O)(=O)NC(=O)c1ccc(CSCc2ccc3ocnc3c2)cc1. The first-order chi connectivity index (χ1) is 14.5. The molecule has 0 radical (unpaired) electrons. The summed E-state index contributed by atoms with van der Waals surface area (Å²) < 4.78 is 31.5. The van der Waals surface area contributed by atoms with Crippen LogP contribution in [-0.4, -0.2) is 25.1 Å². The van der Waals surface area contributed by atoms with Crippen molar-refractivity contribution < 1.29 is 17.6 Å². The van der Waals surface area contributed by atoms with Gasteiger partial charge in [-0.25, -0.2) is 18.1 Å². The van der Waals surface area contributed by atoms with Crippen LogP contribution in [0.25, 0.3) is 11.1 Å². The van der Waals surface area contributed by atoms with Gasteiger partial charge >= 0.3 is 0 Å². The molecule has 2 aromatic carbocycles. The maximum absolute atomic E-state index is 12.2. The van der Waals surface area contributed by atoms with E-state index in [4.69, 9.17) is 4.42 Å². The summed E-state index contributed by atoms with van der Waals surface area (Å²) in [5.74, 6) is 1.02. The van der Waals surface area contributed by atoms with Crippen LogP contribution in [0.4, 0.5) is 0 Å². The number of hydrogen-bond donors (Lipinski definition) is 1. The molecule has 6 nitrogen and oxygen atoms in total. The summed E-state index contributed by atoms with van der Waals surface area (Å²) in [6, 6.07) is 13.0. The van der Waals surface area contributed by atoms with E-state index in [1.54, 1.807) is 23.9 Å². The van der Waals surface area contributed by atoms with Crippen LogP contribution >= 0.6 is 11.8 Å². The zero-order valence-corrected chi connectivity index (χ0v) is 18.6. The van der Waals surface area contributed by atoms with Crippen molar-refractivity contribution in [3.8, 4) is 0 Å². The van der Waals surface area contributed by atoms with Crippen LogP contribution < -0.4 is 4.72 Å². The number of carbonyl (C=O) groups excluding carboxylic acids is 1. The van der Waals surface area contributed by atoms with Gasteiger partial charge in [-0.3, -0.25) is 4.79 Å². The molecule has 1 amide bonds. The molecule has 0 unspecified atom stereocenters. The minimum Gasteiger partial charge on any atom is -0.443 e. The molecule has 1 N–H and O–H groups in total. The highest BCUT2D eigenvalue weighted by Gasteiger charge is 2.15. The van der Waals surface area contributed by atoms with Gasteiger partial charge in [0.25, 0.3) is 5.91 Å². The predicted molar refractivity (Wildman–Crippen MR) is 121 cm³/mol. The molecule has 0 atom stereocenters. The number of rotatable bonds is 11. The zero-order valence-electron chi connectivity index (χ0n) is 17.0. The molecule has 0 aliphatic carbocycles. The smallest absolute Gasteiger partial charge is 0.264 e. The van der Waals surface area contributed by atoms with Crippen LogP contribution in [0.3, 0.4) is 0 Å². The lowest BCUT2D eigenvalue weighted by Gasteiger charge is -2.08. The van der Waals surface area contributed by atoms with E-state index in [2.05, 4.69) is 16.6 Å². The molecule has 8 heteroatoms. The quantitative estimate of drug-likeness (QED) is 0.421. The minimum absolute atomic E-state index is 0.0202. The minimum atomic E-state index is -3.59. The summed E-state index contributed by atoms with van der Waals surface area (Å²) in [5, 5.41) is 0. The molecule has 1 heterocycles. The number of thioether (sulfide) groups is 1. The molecule has 0 aliphatic heterocycles. The fraction of sp³-hybridized carbons (Fsp3) is 0.364. The van der Waals surface area contributed by atoms with Crippen LogP contribution in [0, 0.1) is 0 Å². The molecule has 0 spiro atoms. The van der Waals surface area contributed by atoms with E-state index in [1.165, 1.54) is 12.0 Å². The zero-order chi connectivity index (χ0) is 21.4. The Hall–Kier alpha value is -2.32. The molecule has 1 aromatic heterocycles. The first kappa shape index (κ1) is 22.4. The van der Waals surface area contributed by atoms with Gasteiger partial charge < -0.3 is 4.42 Å². The van der Waals surface area contributed by atoms with Crippen molar-refractivity contribution in [2.24, 2.45) is 0 Å². The van der Waals surface area contributed by atoms with Crippen molar-refractivity contribution >= 4 is 38.8 Å². The normalized spacial score (nSPS) is 11.6. The number of fused-ring (bicyclic) bond motifs is 1. The number of nitrogens with zero attached hydrogens (tertiary/aromatic N) is 1. The lowest BCUT2D eigenvalue weighted by Crippen LogP contribution is -2.32. The number of carbonyl (C=O) groups is 1. The van der Waals surface area contributed by atoms with Crippen LogP contribution in [0.5, 0.6) is 0 Å². The van der Waals surface area contributed by atoms with Gasteiger partial charge in [-0.15, -0.1) is 0 Å². The summed E-state index contributed by atoms with van der Waals surface area (Å²) in [6.07, 6.45) is 4.89. The Morgan fingerprint density at radius 1 is 1.03 bits per heavy atom. The number of oxazole rings is 1. The van der Waals surface area contributed by atoms with Crippen LogP contribution in [0.1, 0.15) is 54.1 Å². The average molecular weight is 447 g/mol. The Morgan fingerprint density at radius 2 is 1.77 bits per heavy atom. The van der Waals surface area contributed by atoms with Crippen molar-refractivity contribution in [1.29, 1.82) is 0 Å². The fourth-order valence-corrected chi connectivity index (χ4v) is 5.03. The summed E-state index contributed by atoms with van der Waals surface area (Å²) in [5.41, 5.74) is 4.21. The highest BCUT2D eigenvalue weighted by atomic mass is 32.2. The maximum Gasteiger partial charge on any atom is 0.264 e. The van der Waals surface area contributed by atoms with Gasteiger partial charge in [-0.05, 0) is 41.8 Å². The van der Waals surface area contributed by atoms with Crippen molar-refractivity contribution in [1.82, 2.24) is 9.71 Å². The topological polar surface area (TPSA) is 89.3 Å². The molecule has 0 aliphatic rings. The molecule has 3 rings (SSSR count). The van der Waals surface area contributed by atoms with E-state index >= 15 is 0 Å². The number of sulfonamides is 1. The molecular weight excluding hydrogens is 420 g/mol. The van der Waals surface area contributed by atoms with Crippen molar-refractivity contribution in [3.63, 3.8) is 0 Å². The maximum atomic E-state index is 12.2. The van der Waals surface area contributed by atoms with Crippen molar-refractivity contribution in [3.05, 3.63) is 65.5 Å². The molecule has 160 valence electrons. The Kier molecular flexibility index (Phi) is 7.93. The first-order valence-electron chi connectivity index (χ1n) is 10.0. The van der Waals surface area contributed by atoms with Gasteiger partial charge in [-0.1, -0.05) is 44.4 Å². The summed E-state index contributed by atoms with van der Waals surface area (Å²) in [6.45, 7) is 2.07. The number of amides is 1. The van der Waals surface area contributed by atoms with E-state index in [9.17, 15) is 13.2 Å². The largest absolute Gasteiger partial charge is 0.443 e. The van der Waals surface area contributed by atoms with Crippen LogP contribution in [-0.2, 0) is 21.5 Å². The van der Waals surface area contributed by atoms with E-state index < -0.39 is 15.9 Å². The third-order valence-electron chi connectivity index (χ3n) is 4.66. The van der Waals surface area contributed by atoms with Gasteiger partial charge in [0.15, 0.2) is 12.0 Å². The second kappa shape index (κ2) is 10.6. The average Bonchev–Trinajstić information content (AvgIpc) is 3.19. The van der Waals surface area contributed by atoms with E-state index in [0.717, 1.165) is 47.4 Å². The molecule has 0 bridgehead atoms. The van der Waals surface area contributed by atoms with Crippen molar-refractivity contribution in [2.75, 3.05) is 5.75 Å². The van der Waals surface area contributed by atoms with Gasteiger partial charge in [0.2, 0.25) is 10.0 Å². The Bertz CT molecular complexity index is 1080. The van der Waals surface area contributed by atoms with Gasteiger partial charge in [0.05, 0.1) is 5.75 Å². The molecule has 0 fully saturated rings. The summed E-state index contributed by atoms with van der Waals surface area (Å²) >= 11 is 1.75. The molecule has 0 saturated heterocycles. The third kappa shape index (κ3) is 6.60. The second-order valence-electron chi connectivity index (χ2n) is 7.15. The Balaban J connectivity index is 1.47. The Morgan fingerprint density at radius 3 is 2.53 bits per heavy atom. The number of nitrogens with one attached hydrogen (secondary N) is 1.